The highest BCUT2D eigenvalue weighted by Gasteiger charge is 2.55. The van der Waals surface area contributed by atoms with Crippen molar-refractivity contribution in [1.82, 2.24) is 0 Å². The van der Waals surface area contributed by atoms with Crippen LogP contribution in [0.5, 0.6) is 0 Å². The van der Waals surface area contributed by atoms with Gasteiger partial charge in [-0.2, -0.15) is 0 Å². The van der Waals surface area contributed by atoms with Crippen LogP contribution in [0.25, 0.3) is 0 Å². The zero-order chi connectivity index (χ0) is 38.5. The fraction of sp³-hybridized carbons (Fsp3) is 0.591. The van der Waals surface area contributed by atoms with Crippen molar-refractivity contribution in [3.63, 3.8) is 0 Å². The van der Waals surface area contributed by atoms with E-state index >= 15 is 0 Å². The first kappa shape index (κ1) is 43.8. The van der Waals surface area contributed by atoms with Gasteiger partial charge in [0.05, 0.1) is 6.61 Å². The van der Waals surface area contributed by atoms with E-state index in [1.165, 1.54) is 0 Å². The Morgan fingerprint density at radius 1 is 0.472 bits per heavy atom. The summed E-state index contributed by atoms with van der Waals surface area (Å²) in [7, 11) is -4.74. The SMILES string of the molecule is CC[Si](CC)(CC)O[C@H]1[C@H](O[Si](CC)(CC)CC)[C@H](OC)O[C@@H](COC(c2ccccc2)(c2ccccc2)c2ccccc2)[C@@H]1O[Si](CC)(CC)CC. The fourth-order valence-corrected chi connectivity index (χ4v) is 17.0. The van der Waals surface area contributed by atoms with Gasteiger partial charge >= 0.3 is 0 Å². The molecule has 1 saturated heterocycles. The molecule has 4 rings (SSSR count). The summed E-state index contributed by atoms with van der Waals surface area (Å²) in [6.45, 7) is 20.9. The Morgan fingerprint density at radius 3 is 1.11 bits per heavy atom. The Hall–Kier alpha value is -1.93. The van der Waals surface area contributed by atoms with E-state index in [1.54, 1.807) is 7.11 Å². The number of methoxy groups -OCH3 is 1. The van der Waals surface area contributed by atoms with Crippen molar-refractivity contribution in [3.8, 4) is 0 Å². The molecule has 0 N–H and O–H groups in total. The van der Waals surface area contributed by atoms with E-state index in [1.807, 2.05) is 0 Å². The first-order chi connectivity index (χ1) is 25.7. The van der Waals surface area contributed by atoms with Crippen LogP contribution in [0.4, 0.5) is 0 Å². The monoisotopic (exact) mass is 778 g/mol. The quantitative estimate of drug-likeness (QED) is 0.0748. The molecule has 1 heterocycles. The smallest absolute Gasteiger partial charge is 0.192 e. The topological polar surface area (TPSA) is 55.4 Å². The van der Waals surface area contributed by atoms with Crippen molar-refractivity contribution in [1.29, 1.82) is 0 Å². The molecule has 0 aromatic heterocycles. The van der Waals surface area contributed by atoms with Crippen LogP contribution in [-0.4, -0.2) is 69.4 Å². The van der Waals surface area contributed by atoms with Gasteiger partial charge in [-0.15, -0.1) is 0 Å². The molecular formula is C44H70O6Si3. The summed E-state index contributed by atoms with van der Waals surface area (Å²) in [5.74, 6) is 0. The molecule has 9 heteroatoms. The molecular weight excluding hydrogens is 709 g/mol. The molecule has 3 aromatic rings. The molecule has 0 radical (unpaired) electrons. The summed E-state index contributed by atoms with van der Waals surface area (Å²) in [4.78, 5) is 0. The van der Waals surface area contributed by atoms with Crippen LogP contribution in [0.15, 0.2) is 91.0 Å². The third-order valence-corrected chi connectivity index (χ3v) is 26.7. The summed E-state index contributed by atoms with van der Waals surface area (Å²) in [6, 6.07) is 41.0. The lowest BCUT2D eigenvalue weighted by atomic mass is 9.80. The largest absolute Gasteiger partial charge is 0.408 e. The second kappa shape index (κ2) is 20.3. The number of hydrogen-bond donors (Lipinski definition) is 0. The molecule has 0 saturated carbocycles. The summed E-state index contributed by atoms with van der Waals surface area (Å²) in [5, 5.41) is 0. The standard InChI is InChI=1S/C44H70O6Si3/c1-11-51(12-2,13-3)48-40-39(47-43(45-10)42(50-53(17-7,18-8)19-9)41(40)49-52(14-4,15-5)16-6)35-46-44(36-29-23-20-24-30-36,37-31-25-21-26-32-37)38-33-27-22-28-34-38/h20-34,39-43H,11-19,35H2,1-10H3/t39-,40-,41+,42-,43+/m0/s1. The maximum absolute atomic E-state index is 7.68. The van der Waals surface area contributed by atoms with Crippen LogP contribution in [0.3, 0.4) is 0 Å². The van der Waals surface area contributed by atoms with Crippen LogP contribution in [0.1, 0.15) is 79.0 Å². The highest BCUT2D eigenvalue weighted by atomic mass is 28.4. The van der Waals surface area contributed by atoms with Gasteiger partial charge in [-0.05, 0) is 71.1 Å². The first-order valence-corrected chi connectivity index (χ1v) is 28.3. The lowest BCUT2D eigenvalue weighted by molar-refractivity contribution is -0.290. The van der Waals surface area contributed by atoms with E-state index in [4.69, 9.17) is 27.5 Å². The van der Waals surface area contributed by atoms with Crippen LogP contribution in [-0.2, 0) is 33.1 Å². The van der Waals surface area contributed by atoms with Crippen molar-refractivity contribution < 1.29 is 27.5 Å². The van der Waals surface area contributed by atoms with Gasteiger partial charge in [0.1, 0.15) is 30.0 Å². The number of ether oxygens (including phenoxy) is 3. The molecule has 0 unspecified atom stereocenters. The maximum atomic E-state index is 7.68. The van der Waals surface area contributed by atoms with Crippen molar-refractivity contribution in [2.24, 2.45) is 0 Å². The van der Waals surface area contributed by atoms with E-state index in [0.29, 0.717) is 0 Å². The third-order valence-electron chi connectivity index (χ3n) is 12.8. The molecule has 1 fully saturated rings. The molecule has 0 amide bonds. The molecule has 0 aliphatic carbocycles. The number of rotatable bonds is 22. The van der Waals surface area contributed by atoms with Crippen molar-refractivity contribution in [2.45, 2.75) is 153 Å². The van der Waals surface area contributed by atoms with Gasteiger partial charge in [-0.1, -0.05) is 153 Å². The summed E-state index contributed by atoms with van der Waals surface area (Å²) in [6.07, 6.45) is -2.21. The van der Waals surface area contributed by atoms with Crippen LogP contribution in [0.2, 0.25) is 54.4 Å². The summed E-state index contributed by atoms with van der Waals surface area (Å²) in [5.41, 5.74) is 2.27. The van der Waals surface area contributed by atoms with Crippen molar-refractivity contribution in [2.75, 3.05) is 13.7 Å². The molecule has 1 aliphatic heterocycles. The van der Waals surface area contributed by atoms with E-state index in [-0.39, 0.29) is 18.8 Å². The molecule has 0 bridgehead atoms. The summed E-state index contributed by atoms with van der Waals surface area (Å²) >= 11 is 0. The van der Waals surface area contributed by atoms with E-state index < -0.39 is 49.1 Å². The van der Waals surface area contributed by atoms with E-state index in [2.05, 4.69) is 153 Å². The van der Waals surface area contributed by atoms with E-state index in [9.17, 15) is 0 Å². The van der Waals surface area contributed by atoms with Crippen LogP contribution in [0, 0.1) is 0 Å². The van der Waals surface area contributed by atoms with Crippen molar-refractivity contribution in [3.05, 3.63) is 108 Å². The van der Waals surface area contributed by atoms with E-state index in [0.717, 1.165) is 71.1 Å². The summed E-state index contributed by atoms with van der Waals surface area (Å²) < 4.78 is 43.8. The minimum Gasteiger partial charge on any atom is -0.408 e. The minimum absolute atomic E-state index is 0.272. The van der Waals surface area contributed by atoms with Crippen LogP contribution < -0.4 is 0 Å². The average Bonchev–Trinajstić information content (AvgIpc) is 3.23. The highest BCUT2D eigenvalue weighted by molar-refractivity contribution is 6.74. The molecule has 294 valence electrons. The van der Waals surface area contributed by atoms with Gasteiger partial charge in [0, 0.05) is 7.11 Å². The second-order valence-corrected chi connectivity index (χ2v) is 29.0. The molecule has 6 nitrogen and oxygen atoms in total. The first-order valence-electron chi connectivity index (χ1n) is 20.7. The maximum Gasteiger partial charge on any atom is 0.192 e. The lowest BCUT2D eigenvalue weighted by Gasteiger charge is -2.53. The van der Waals surface area contributed by atoms with Gasteiger partial charge in [-0.3, -0.25) is 0 Å². The molecule has 1 aliphatic rings. The van der Waals surface area contributed by atoms with Gasteiger partial charge in [0.15, 0.2) is 31.2 Å². The Kier molecular flexibility index (Phi) is 16.8. The number of hydrogen-bond acceptors (Lipinski definition) is 6. The third kappa shape index (κ3) is 9.55. The normalized spacial score (nSPS) is 21.5. The Labute approximate surface area is 325 Å². The van der Waals surface area contributed by atoms with Gasteiger partial charge in [0.25, 0.3) is 0 Å². The van der Waals surface area contributed by atoms with Crippen LogP contribution >= 0.6 is 0 Å². The zero-order valence-electron chi connectivity index (χ0n) is 34.6. The minimum atomic E-state index is -2.19. The average molecular weight is 779 g/mol. The molecule has 0 spiro atoms. The fourth-order valence-electron chi connectivity index (χ4n) is 8.45. The Morgan fingerprint density at radius 2 is 0.792 bits per heavy atom. The van der Waals surface area contributed by atoms with Gasteiger partial charge in [-0.25, -0.2) is 0 Å². The predicted molar refractivity (Wildman–Crippen MR) is 227 cm³/mol. The highest BCUT2D eigenvalue weighted by Crippen LogP contribution is 2.43. The lowest BCUT2D eigenvalue weighted by Crippen LogP contribution is -2.67. The molecule has 3 aromatic carbocycles. The second-order valence-electron chi connectivity index (χ2n) is 14.8. The number of benzene rings is 3. The van der Waals surface area contributed by atoms with Crippen molar-refractivity contribution >= 4 is 25.0 Å². The Balaban J connectivity index is 1.94. The zero-order valence-corrected chi connectivity index (χ0v) is 37.6. The molecule has 5 atom stereocenters. The Bertz CT molecular complexity index is 1330. The van der Waals surface area contributed by atoms with Gasteiger partial charge in [0.2, 0.25) is 0 Å². The van der Waals surface area contributed by atoms with Gasteiger partial charge < -0.3 is 27.5 Å². The predicted octanol–water partition coefficient (Wildman–Crippen LogP) is 11.5. The molecule has 53 heavy (non-hydrogen) atoms.